The number of ether oxygens (including phenoxy) is 2. The molecular weight excluding hydrogens is 526 g/mol. The third-order valence-corrected chi connectivity index (χ3v) is 12.3. The van der Waals surface area contributed by atoms with Crippen LogP contribution in [0.15, 0.2) is 11.1 Å². The van der Waals surface area contributed by atoms with Crippen LogP contribution in [-0.4, -0.2) is 64.1 Å². The first-order valence-electron chi connectivity index (χ1n) is 15.2. The SMILES string of the molecule is CC(=O)NC(C)C(C)[C@H](OO)C1CC2(O)C(C)C3C4(OC(C)=O)COC4C[C@H](C)[C@@]3(C)C(=O)[C@H](C)C(=C1C)C2(C)C. The van der Waals surface area contributed by atoms with Crippen molar-refractivity contribution in [1.82, 2.24) is 5.32 Å². The van der Waals surface area contributed by atoms with E-state index in [2.05, 4.69) is 12.2 Å². The molecule has 0 aromatic heterocycles. The second-order valence-electron chi connectivity index (χ2n) is 14.5. The van der Waals surface area contributed by atoms with Gasteiger partial charge < -0.3 is 19.9 Å². The molecule has 1 amide bonds. The maximum Gasteiger partial charge on any atom is 0.303 e. The Morgan fingerprint density at radius 1 is 1.12 bits per heavy atom. The maximum absolute atomic E-state index is 14.8. The minimum atomic E-state index is -1.36. The lowest BCUT2D eigenvalue weighted by Crippen LogP contribution is -2.78. The average molecular weight is 578 g/mol. The van der Waals surface area contributed by atoms with Crippen LogP contribution in [0, 0.1) is 46.3 Å². The fourth-order valence-electron chi connectivity index (χ4n) is 9.88. The van der Waals surface area contributed by atoms with E-state index in [1.54, 1.807) is 0 Å². The highest BCUT2D eigenvalue weighted by molar-refractivity contribution is 5.91. The van der Waals surface area contributed by atoms with E-state index in [-0.39, 0.29) is 48.7 Å². The Bertz CT molecular complexity index is 1130. The number of aliphatic hydroxyl groups is 1. The molecule has 9 heteroatoms. The van der Waals surface area contributed by atoms with Gasteiger partial charge >= 0.3 is 5.97 Å². The van der Waals surface area contributed by atoms with E-state index in [1.165, 1.54) is 13.8 Å². The standard InChI is InChI=1S/C32H51NO8/c1-15-12-24-31(14-39-24,40-22(8)35)27-19(5)32(37)13-23(26(41-38)16(2)20(6)33-21(7)34)17(3)25(29(32,9)10)18(4)28(36)30(15,27)11/h15-16,18-20,23-24,26-27,37-38H,12-14H2,1-11H3,(H,33,34)/t15-,16?,18+,19?,20?,23?,24?,26-,27?,30+,31?,32?/m0/s1. The molecule has 3 N–H and O–H groups in total. The van der Waals surface area contributed by atoms with E-state index in [0.717, 1.165) is 11.1 Å². The van der Waals surface area contributed by atoms with Crippen molar-refractivity contribution >= 4 is 17.7 Å². The first kappa shape index (κ1) is 32.1. The van der Waals surface area contributed by atoms with E-state index in [1.807, 2.05) is 55.4 Å². The number of nitrogens with one attached hydrogen (secondary N) is 1. The highest BCUT2D eigenvalue weighted by Crippen LogP contribution is 2.67. The van der Waals surface area contributed by atoms with Crippen LogP contribution in [0.1, 0.15) is 89.0 Å². The van der Waals surface area contributed by atoms with Crippen LogP contribution in [-0.2, 0) is 28.7 Å². The van der Waals surface area contributed by atoms with Crippen LogP contribution in [0.3, 0.4) is 0 Å². The third-order valence-electron chi connectivity index (χ3n) is 12.3. The molecule has 1 heterocycles. The maximum atomic E-state index is 14.8. The molecule has 41 heavy (non-hydrogen) atoms. The fourth-order valence-corrected chi connectivity index (χ4v) is 9.88. The number of hydrogen-bond acceptors (Lipinski definition) is 8. The largest absolute Gasteiger partial charge is 0.454 e. The molecule has 0 aromatic rings. The molecule has 12 atom stereocenters. The average Bonchev–Trinajstić information content (AvgIpc) is 2.86. The summed E-state index contributed by atoms with van der Waals surface area (Å²) in [5.41, 5.74) is -2.26. The number of hydrogen-bond donors (Lipinski definition) is 3. The Morgan fingerprint density at radius 2 is 1.73 bits per heavy atom. The number of esters is 1. The van der Waals surface area contributed by atoms with Gasteiger partial charge in [0.25, 0.3) is 0 Å². The van der Waals surface area contributed by atoms with Gasteiger partial charge in [-0.3, -0.25) is 19.6 Å². The molecule has 8 unspecified atom stereocenters. The van der Waals surface area contributed by atoms with Gasteiger partial charge in [-0.05, 0) is 38.5 Å². The molecule has 4 rings (SSSR count). The molecule has 0 aromatic carbocycles. The van der Waals surface area contributed by atoms with Gasteiger partial charge in [-0.15, -0.1) is 0 Å². The van der Waals surface area contributed by atoms with Crippen molar-refractivity contribution < 1.29 is 39.1 Å². The number of fused-ring (bicyclic) bond motifs is 5. The molecule has 2 saturated carbocycles. The van der Waals surface area contributed by atoms with Gasteiger partial charge in [0.15, 0.2) is 5.60 Å². The predicted molar refractivity (Wildman–Crippen MR) is 152 cm³/mol. The van der Waals surface area contributed by atoms with Crippen molar-refractivity contribution in [1.29, 1.82) is 0 Å². The number of carbonyl (C=O) groups is 3. The zero-order chi connectivity index (χ0) is 31.0. The van der Waals surface area contributed by atoms with Gasteiger partial charge in [0.05, 0.1) is 12.2 Å². The van der Waals surface area contributed by atoms with E-state index < -0.39 is 57.8 Å². The molecule has 0 spiro atoms. The Hall–Kier alpha value is -1.81. The molecule has 4 aliphatic rings. The summed E-state index contributed by atoms with van der Waals surface area (Å²) >= 11 is 0. The summed E-state index contributed by atoms with van der Waals surface area (Å²) in [4.78, 5) is 44.3. The molecule has 3 fully saturated rings. The zero-order valence-corrected chi connectivity index (χ0v) is 26.7. The van der Waals surface area contributed by atoms with Crippen LogP contribution in [0.5, 0.6) is 0 Å². The normalized spacial score (nSPS) is 43.8. The summed E-state index contributed by atoms with van der Waals surface area (Å²) < 4.78 is 12.1. The quantitative estimate of drug-likeness (QED) is 0.184. The smallest absolute Gasteiger partial charge is 0.303 e. The minimum absolute atomic E-state index is 0.0619. The van der Waals surface area contributed by atoms with Gasteiger partial charge in [0.2, 0.25) is 5.91 Å². The Labute approximate surface area is 244 Å². The Morgan fingerprint density at radius 3 is 2.22 bits per heavy atom. The van der Waals surface area contributed by atoms with Crippen LogP contribution < -0.4 is 5.32 Å². The summed E-state index contributed by atoms with van der Waals surface area (Å²) in [6.45, 7) is 20.8. The second-order valence-corrected chi connectivity index (χ2v) is 14.5. The van der Waals surface area contributed by atoms with Gasteiger partial charge in [0, 0.05) is 54.4 Å². The van der Waals surface area contributed by atoms with Crippen LogP contribution in [0.2, 0.25) is 0 Å². The number of ketones is 1. The minimum Gasteiger partial charge on any atom is -0.454 e. The highest BCUT2D eigenvalue weighted by Gasteiger charge is 2.74. The molecule has 2 bridgehead atoms. The number of amides is 1. The molecule has 232 valence electrons. The lowest BCUT2D eigenvalue weighted by molar-refractivity contribution is -0.334. The van der Waals surface area contributed by atoms with Gasteiger partial charge in [-0.1, -0.05) is 59.6 Å². The topological polar surface area (TPSA) is 131 Å². The van der Waals surface area contributed by atoms with E-state index in [4.69, 9.17) is 14.4 Å². The predicted octanol–water partition coefficient (Wildman–Crippen LogP) is 4.32. The monoisotopic (exact) mass is 577 g/mol. The molecule has 3 aliphatic carbocycles. The van der Waals surface area contributed by atoms with E-state index in [9.17, 15) is 24.7 Å². The lowest BCUT2D eigenvalue weighted by atomic mass is 9.40. The van der Waals surface area contributed by atoms with E-state index >= 15 is 0 Å². The molecule has 0 radical (unpaired) electrons. The summed E-state index contributed by atoms with van der Waals surface area (Å²) in [6.07, 6.45) is -0.239. The van der Waals surface area contributed by atoms with Crippen LogP contribution >= 0.6 is 0 Å². The summed E-state index contributed by atoms with van der Waals surface area (Å²) in [7, 11) is 0. The first-order valence-corrected chi connectivity index (χ1v) is 15.2. The summed E-state index contributed by atoms with van der Waals surface area (Å²) in [5.74, 6) is -2.85. The van der Waals surface area contributed by atoms with Gasteiger partial charge in [-0.25, -0.2) is 4.89 Å². The summed E-state index contributed by atoms with van der Waals surface area (Å²) in [6, 6.07) is -0.309. The molecule has 1 saturated heterocycles. The van der Waals surface area contributed by atoms with E-state index in [0.29, 0.717) is 6.42 Å². The summed E-state index contributed by atoms with van der Waals surface area (Å²) in [5, 5.41) is 26.3. The molecule has 1 aliphatic heterocycles. The van der Waals surface area contributed by atoms with Crippen molar-refractivity contribution in [2.75, 3.05) is 6.61 Å². The van der Waals surface area contributed by atoms with Crippen molar-refractivity contribution in [3.8, 4) is 0 Å². The Kier molecular flexibility index (Phi) is 8.16. The number of Topliss-reactive ketones (excluding diaryl/α,β-unsaturated/α-hetero) is 1. The zero-order valence-electron chi connectivity index (χ0n) is 26.7. The van der Waals surface area contributed by atoms with Gasteiger partial charge in [-0.2, -0.15) is 0 Å². The third kappa shape index (κ3) is 4.35. The second kappa shape index (κ2) is 10.4. The number of carbonyl (C=O) groups excluding carboxylic acids is 3. The van der Waals surface area contributed by atoms with Crippen LogP contribution in [0.4, 0.5) is 0 Å². The van der Waals surface area contributed by atoms with Crippen molar-refractivity contribution in [2.24, 2.45) is 46.3 Å². The lowest BCUT2D eigenvalue weighted by Gasteiger charge is -2.69. The van der Waals surface area contributed by atoms with Gasteiger partial charge in [0.1, 0.15) is 18.0 Å². The molecular formula is C32H51NO8. The van der Waals surface area contributed by atoms with Crippen molar-refractivity contribution in [3.63, 3.8) is 0 Å². The highest BCUT2D eigenvalue weighted by atomic mass is 17.1. The van der Waals surface area contributed by atoms with Crippen molar-refractivity contribution in [2.45, 2.75) is 118 Å². The first-order chi connectivity index (χ1) is 18.8. The van der Waals surface area contributed by atoms with Crippen LogP contribution in [0.25, 0.3) is 0 Å². The number of rotatable bonds is 6. The fraction of sp³-hybridized carbons (Fsp3) is 0.844. The molecule has 9 nitrogen and oxygen atoms in total. The Balaban J connectivity index is 1.95. The van der Waals surface area contributed by atoms with Crippen molar-refractivity contribution in [3.05, 3.63) is 11.1 Å².